The van der Waals surface area contributed by atoms with Crippen molar-refractivity contribution in [1.82, 2.24) is 15.3 Å². The summed E-state index contributed by atoms with van der Waals surface area (Å²) in [5.74, 6) is 1.93. The van der Waals surface area contributed by atoms with Crippen LogP contribution in [0.3, 0.4) is 0 Å². The van der Waals surface area contributed by atoms with E-state index in [0.29, 0.717) is 39.7 Å². The van der Waals surface area contributed by atoms with Gasteiger partial charge in [-0.15, -0.1) is 0 Å². The Morgan fingerprint density at radius 2 is 1.74 bits per heavy atom. The molecule has 0 aliphatic rings. The van der Waals surface area contributed by atoms with Crippen molar-refractivity contribution in [1.29, 1.82) is 0 Å². The standard InChI is InChI=1S/C26H23ClN4O4/c1-16(31-25(32)11-17-7-5-4-6-8-17)30-18-12-20(27)26(29-15-18)35-22-9-10-28-21-14-24(34-3)23(33-2)13-19(21)22/h4-10,12-15,30H,1,11H2,2-3H3,(H,31,32). The number of hydrogen-bond donors (Lipinski definition) is 2. The molecule has 0 saturated heterocycles. The molecule has 2 aromatic carbocycles. The smallest absolute Gasteiger partial charge is 0.238 e. The molecule has 0 atom stereocenters. The molecule has 0 saturated carbocycles. The first-order valence-corrected chi connectivity index (χ1v) is 11.0. The molecular formula is C26H23ClN4O4. The molecular weight excluding hydrogens is 468 g/mol. The summed E-state index contributed by atoms with van der Waals surface area (Å²) >= 11 is 6.43. The Labute approximate surface area is 207 Å². The van der Waals surface area contributed by atoms with Gasteiger partial charge in [0.15, 0.2) is 11.5 Å². The maximum absolute atomic E-state index is 12.2. The number of amides is 1. The molecule has 35 heavy (non-hydrogen) atoms. The third kappa shape index (κ3) is 5.80. The van der Waals surface area contributed by atoms with Crippen LogP contribution in [0.2, 0.25) is 5.02 Å². The topological polar surface area (TPSA) is 94.6 Å². The highest BCUT2D eigenvalue weighted by molar-refractivity contribution is 6.32. The Bertz CT molecular complexity index is 1380. The number of pyridine rings is 2. The molecule has 0 aliphatic carbocycles. The first-order chi connectivity index (χ1) is 17.0. The second kappa shape index (κ2) is 10.8. The van der Waals surface area contributed by atoms with Crippen LogP contribution < -0.4 is 24.8 Å². The van der Waals surface area contributed by atoms with Crippen LogP contribution in [0.25, 0.3) is 10.9 Å². The molecule has 4 aromatic rings. The van der Waals surface area contributed by atoms with E-state index in [1.165, 1.54) is 6.20 Å². The molecule has 0 unspecified atom stereocenters. The summed E-state index contributed by atoms with van der Waals surface area (Å²) in [5, 5.41) is 6.67. The first kappa shape index (κ1) is 23.8. The Hall–Kier alpha value is -4.30. The van der Waals surface area contributed by atoms with Crippen molar-refractivity contribution in [2.75, 3.05) is 19.5 Å². The molecule has 1 amide bonds. The van der Waals surface area contributed by atoms with Crippen LogP contribution in [0, 0.1) is 0 Å². The first-order valence-electron chi connectivity index (χ1n) is 10.6. The average molecular weight is 491 g/mol. The van der Waals surface area contributed by atoms with Gasteiger partial charge in [0.25, 0.3) is 0 Å². The van der Waals surface area contributed by atoms with E-state index < -0.39 is 0 Å². The summed E-state index contributed by atoms with van der Waals surface area (Å²) < 4.78 is 16.7. The molecule has 0 spiro atoms. The van der Waals surface area contributed by atoms with Crippen molar-refractivity contribution in [3.63, 3.8) is 0 Å². The van der Waals surface area contributed by atoms with Crippen molar-refractivity contribution < 1.29 is 19.0 Å². The minimum atomic E-state index is -0.190. The minimum Gasteiger partial charge on any atom is -0.493 e. The van der Waals surface area contributed by atoms with Crippen LogP contribution in [0.4, 0.5) is 5.69 Å². The lowest BCUT2D eigenvalue weighted by molar-refractivity contribution is -0.119. The molecule has 0 bridgehead atoms. The number of halogens is 1. The Morgan fingerprint density at radius 3 is 2.46 bits per heavy atom. The van der Waals surface area contributed by atoms with Gasteiger partial charge in [-0.2, -0.15) is 0 Å². The van der Waals surface area contributed by atoms with E-state index in [1.807, 2.05) is 30.3 Å². The van der Waals surface area contributed by atoms with Crippen LogP contribution in [-0.4, -0.2) is 30.1 Å². The Morgan fingerprint density at radius 1 is 1.00 bits per heavy atom. The molecule has 0 aliphatic heterocycles. The van der Waals surface area contributed by atoms with Gasteiger partial charge in [-0.05, 0) is 23.8 Å². The molecule has 0 fully saturated rings. The fourth-order valence-corrected chi connectivity index (χ4v) is 3.61. The quantitative estimate of drug-likeness (QED) is 0.327. The van der Waals surface area contributed by atoms with Crippen LogP contribution >= 0.6 is 11.6 Å². The second-order valence-electron chi connectivity index (χ2n) is 7.46. The maximum atomic E-state index is 12.2. The van der Waals surface area contributed by atoms with Crippen LogP contribution in [0.15, 0.2) is 79.4 Å². The summed E-state index contributed by atoms with van der Waals surface area (Å²) in [6.45, 7) is 3.84. The van der Waals surface area contributed by atoms with Crippen molar-refractivity contribution in [2.24, 2.45) is 0 Å². The zero-order valence-electron chi connectivity index (χ0n) is 19.2. The van der Waals surface area contributed by atoms with Crippen molar-refractivity contribution in [2.45, 2.75) is 6.42 Å². The van der Waals surface area contributed by atoms with E-state index in [2.05, 4.69) is 27.2 Å². The fraction of sp³-hybridized carbons (Fsp3) is 0.115. The highest BCUT2D eigenvalue weighted by Crippen LogP contribution is 2.38. The monoisotopic (exact) mass is 490 g/mol. The Kier molecular flexibility index (Phi) is 7.32. The molecule has 2 N–H and O–H groups in total. The number of carbonyl (C=O) groups excluding carboxylic acids is 1. The van der Waals surface area contributed by atoms with Crippen LogP contribution in [0.5, 0.6) is 23.1 Å². The van der Waals surface area contributed by atoms with Crippen LogP contribution in [0.1, 0.15) is 5.56 Å². The van der Waals surface area contributed by atoms with Gasteiger partial charge in [-0.1, -0.05) is 48.5 Å². The Balaban J connectivity index is 1.45. The number of aromatic nitrogens is 2. The summed E-state index contributed by atoms with van der Waals surface area (Å²) in [4.78, 5) is 20.9. The van der Waals surface area contributed by atoms with Gasteiger partial charge < -0.3 is 24.8 Å². The fourth-order valence-electron chi connectivity index (χ4n) is 3.41. The van der Waals surface area contributed by atoms with E-state index in [9.17, 15) is 4.79 Å². The lowest BCUT2D eigenvalue weighted by Crippen LogP contribution is -2.27. The third-order valence-corrected chi connectivity index (χ3v) is 5.28. The normalized spacial score (nSPS) is 10.5. The van der Waals surface area contributed by atoms with E-state index in [-0.39, 0.29) is 23.2 Å². The number of hydrogen-bond acceptors (Lipinski definition) is 7. The number of benzene rings is 2. The van der Waals surface area contributed by atoms with Crippen molar-refractivity contribution in [3.8, 4) is 23.1 Å². The number of rotatable bonds is 9. The zero-order valence-corrected chi connectivity index (χ0v) is 19.9. The summed E-state index contributed by atoms with van der Waals surface area (Å²) in [6, 6.07) is 16.3. The molecule has 178 valence electrons. The largest absolute Gasteiger partial charge is 0.493 e. The highest BCUT2D eigenvalue weighted by Gasteiger charge is 2.14. The molecule has 4 rings (SSSR count). The predicted octanol–water partition coefficient (Wildman–Crippen LogP) is 5.33. The number of fused-ring (bicyclic) bond motifs is 1. The minimum absolute atomic E-state index is 0.190. The van der Waals surface area contributed by atoms with Gasteiger partial charge in [0.1, 0.15) is 16.6 Å². The highest BCUT2D eigenvalue weighted by atomic mass is 35.5. The lowest BCUT2D eigenvalue weighted by atomic mass is 10.1. The zero-order chi connectivity index (χ0) is 24.8. The third-order valence-electron chi connectivity index (χ3n) is 5.01. The summed E-state index contributed by atoms with van der Waals surface area (Å²) in [5.41, 5.74) is 2.11. The molecule has 2 aromatic heterocycles. The van der Waals surface area contributed by atoms with Gasteiger partial charge in [0, 0.05) is 17.6 Å². The van der Waals surface area contributed by atoms with Gasteiger partial charge in [0.05, 0.1) is 38.0 Å². The van der Waals surface area contributed by atoms with Crippen molar-refractivity contribution >= 4 is 34.1 Å². The van der Waals surface area contributed by atoms with E-state index in [4.69, 9.17) is 25.8 Å². The molecule has 8 nitrogen and oxygen atoms in total. The molecule has 9 heteroatoms. The number of carbonyl (C=O) groups is 1. The number of methoxy groups -OCH3 is 2. The van der Waals surface area contributed by atoms with Gasteiger partial charge in [0.2, 0.25) is 11.8 Å². The number of nitrogens with one attached hydrogen (secondary N) is 2. The molecule has 0 radical (unpaired) electrons. The number of ether oxygens (including phenoxy) is 3. The van der Waals surface area contributed by atoms with Crippen molar-refractivity contribution in [3.05, 3.63) is 90.0 Å². The SMILES string of the molecule is C=C(NC(=O)Cc1ccccc1)Nc1cnc(Oc2ccnc3cc(OC)c(OC)cc23)c(Cl)c1. The second-order valence-corrected chi connectivity index (χ2v) is 7.87. The van der Waals surface area contributed by atoms with E-state index in [1.54, 1.807) is 44.7 Å². The number of nitrogens with zero attached hydrogens (tertiary/aromatic N) is 2. The lowest BCUT2D eigenvalue weighted by Gasteiger charge is -2.14. The van der Waals surface area contributed by atoms with Gasteiger partial charge in [-0.25, -0.2) is 4.98 Å². The van der Waals surface area contributed by atoms with E-state index in [0.717, 1.165) is 5.56 Å². The summed E-state index contributed by atoms with van der Waals surface area (Å²) in [7, 11) is 3.12. The number of anilines is 1. The van der Waals surface area contributed by atoms with Gasteiger partial charge >= 0.3 is 0 Å². The average Bonchev–Trinajstić information content (AvgIpc) is 2.85. The van der Waals surface area contributed by atoms with Crippen LogP contribution in [-0.2, 0) is 11.2 Å². The predicted molar refractivity (Wildman–Crippen MR) is 135 cm³/mol. The molecule has 2 heterocycles. The van der Waals surface area contributed by atoms with Gasteiger partial charge in [-0.3, -0.25) is 9.78 Å². The van der Waals surface area contributed by atoms with E-state index >= 15 is 0 Å². The maximum Gasteiger partial charge on any atom is 0.238 e. The summed E-state index contributed by atoms with van der Waals surface area (Å²) in [6.07, 6.45) is 3.39.